The first-order valence-electron chi connectivity index (χ1n) is 7.35. The highest BCUT2D eigenvalue weighted by atomic mass is 16.8. The Kier molecular flexibility index (Phi) is 7.02. The van der Waals surface area contributed by atoms with Gasteiger partial charge in [0.2, 0.25) is 12.6 Å². The van der Waals surface area contributed by atoms with E-state index in [1.165, 1.54) is 0 Å². The molecule has 0 saturated carbocycles. The van der Waals surface area contributed by atoms with E-state index in [0.29, 0.717) is 19.8 Å². The Labute approximate surface area is 131 Å². The molecule has 0 N–H and O–H groups in total. The number of ether oxygens (including phenoxy) is 5. The summed E-state index contributed by atoms with van der Waals surface area (Å²) in [5.74, 6) is 0.0846. The molecular weight excluding hydrogens is 284 g/mol. The quantitative estimate of drug-likeness (QED) is 0.545. The molecule has 1 saturated heterocycles. The topological polar surface area (TPSA) is 46.2 Å². The molecule has 22 heavy (non-hydrogen) atoms. The molecule has 0 aromatic heterocycles. The third-order valence-electron chi connectivity index (χ3n) is 3.62. The summed E-state index contributed by atoms with van der Waals surface area (Å²) in [4.78, 5) is 0. The Morgan fingerprint density at radius 3 is 2.64 bits per heavy atom. The normalized spacial score (nSPS) is 25.3. The molecule has 1 fully saturated rings. The van der Waals surface area contributed by atoms with Crippen LogP contribution in [0.15, 0.2) is 43.0 Å². The van der Waals surface area contributed by atoms with Crippen LogP contribution in [0, 0.1) is 5.92 Å². The van der Waals surface area contributed by atoms with Gasteiger partial charge in [0, 0.05) is 20.1 Å². The minimum absolute atomic E-state index is 0.0846. The van der Waals surface area contributed by atoms with E-state index in [9.17, 15) is 0 Å². The van der Waals surface area contributed by atoms with Gasteiger partial charge in [-0.2, -0.15) is 0 Å². The lowest BCUT2D eigenvalue weighted by molar-refractivity contribution is -0.319. The van der Waals surface area contributed by atoms with Crippen LogP contribution >= 0.6 is 0 Å². The van der Waals surface area contributed by atoms with E-state index in [4.69, 9.17) is 23.7 Å². The third kappa shape index (κ3) is 4.63. The first kappa shape index (κ1) is 17.1. The van der Waals surface area contributed by atoms with Gasteiger partial charge in [-0.15, -0.1) is 6.58 Å². The van der Waals surface area contributed by atoms with E-state index < -0.39 is 12.6 Å². The Morgan fingerprint density at radius 2 is 2.00 bits per heavy atom. The van der Waals surface area contributed by atoms with Crippen LogP contribution in [0.3, 0.4) is 0 Å². The van der Waals surface area contributed by atoms with Gasteiger partial charge in [0.1, 0.15) is 0 Å². The summed E-state index contributed by atoms with van der Waals surface area (Å²) in [6, 6.07) is 10.0. The van der Waals surface area contributed by atoms with Crippen molar-refractivity contribution in [3.05, 3.63) is 48.6 Å². The standard InChI is InChI=1S/C17H24O5/c1-4-14-11-21-17(16(18-2)19-3)22-15(14)12-20-10-13-8-6-5-7-9-13/h4-9,14-17H,1,10-12H2,2-3H3/t14-,15+,17-/m0/s1. The largest absolute Gasteiger partial charge is 0.374 e. The van der Waals surface area contributed by atoms with Crippen molar-refractivity contribution in [1.82, 2.24) is 0 Å². The summed E-state index contributed by atoms with van der Waals surface area (Å²) >= 11 is 0. The number of rotatable bonds is 8. The van der Waals surface area contributed by atoms with Crippen LogP contribution in [-0.4, -0.2) is 46.1 Å². The fourth-order valence-electron chi connectivity index (χ4n) is 2.34. The molecule has 0 radical (unpaired) electrons. The van der Waals surface area contributed by atoms with Crippen LogP contribution in [0.25, 0.3) is 0 Å². The molecule has 0 unspecified atom stereocenters. The van der Waals surface area contributed by atoms with Crippen LogP contribution in [0.4, 0.5) is 0 Å². The summed E-state index contributed by atoms with van der Waals surface area (Å²) < 4.78 is 27.7. The predicted molar refractivity (Wildman–Crippen MR) is 82.2 cm³/mol. The lowest BCUT2D eigenvalue weighted by Gasteiger charge is -2.37. The van der Waals surface area contributed by atoms with Crippen molar-refractivity contribution < 1.29 is 23.7 Å². The molecule has 122 valence electrons. The van der Waals surface area contributed by atoms with Crippen LogP contribution in [0.2, 0.25) is 0 Å². The van der Waals surface area contributed by atoms with Crippen molar-refractivity contribution >= 4 is 0 Å². The van der Waals surface area contributed by atoms with Gasteiger partial charge in [-0.1, -0.05) is 36.4 Å². The summed E-state index contributed by atoms with van der Waals surface area (Å²) in [6.45, 7) is 5.36. The Bertz CT molecular complexity index is 432. The van der Waals surface area contributed by atoms with Gasteiger partial charge in [0.15, 0.2) is 0 Å². The molecule has 1 heterocycles. The Morgan fingerprint density at radius 1 is 1.27 bits per heavy atom. The van der Waals surface area contributed by atoms with E-state index in [2.05, 4.69) is 6.58 Å². The van der Waals surface area contributed by atoms with Gasteiger partial charge in [0.05, 0.1) is 25.9 Å². The molecule has 2 rings (SSSR count). The highest BCUT2D eigenvalue weighted by Crippen LogP contribution is 2.23. The number of hydrogen-bond acceptors (Lipinski definition) is 5. The average molecular weight is 308 g/mol. The van der Waals surface area contributed by atoms with E-state index in [1.807, 2.05) is 36.4 Å². The van der Waals surface area contributed by atoms with Crippen LogP contribution in [0.1, 0.15) is 5.56 Å². The van der Waals surface area contributed by atoms with E-state index in [0.717, 1.165) is 5.56 Å². The van der Waals surface area contributed by atoms with Crippen molar-refractivity contribution in [3.8, 4) is 0 Å². The van der Waals surface area contributed by atoms with Crippen molar-refractivity contribution in [2.24, 2.45) is 5.92 Å². The second-order valence-corrected chi connectivity index (χ2v) is 5.12. The molecule has 5 heteroatoms. The summed E-state index contributed by atoms with van der Waals surface area (Å²) in [5.41, 5.74) is 1.13. The van der Waals surface area contributed by atoms with Crippen molar-refractivity contribution in [2.45, 2.75) is 25.3 Å². The zero-order valence-electron chi connectivity index (χ0n) is 13.1. The average Bonchev–Trinajstić information content (AvgIpc) is 2.57. The van der Waals surface area contributed by atoms with Gasteiger partial charge in [-0.25, -0.2) is 0 Å². The summed E-state index contributed by atoms with van der Waals surface area (Å²) in [6.07, 6.45) is 0.591. The maximum absolute atomic E-state index is 5.90. The molecule has 1 aromatic rings. The number of benzene rings is 1. The minimum atomic E-state index is -0.559. The second-order valence-electron chi connectivity index (χ2n) is 5.12. The van der Waals surface area contributed by atoms with Crippen molar-refractivity contribution in [1.29, 1.82) is 0 Å². The maximum Gasteiger partial charge on any atom is 0.209 e. The first-order valence-corrected chi connectivity index (χ1v) is 7.35. The zero-order valence-corrected chi connectivity index (χ0v) is 13.1. The molecule has 1 aliphatic rings. The van der Waals surface area contributed by atoms with E-state index in [1.54, 1.807) is 14.2 Å². The van der Waals surface area contributed by atoms with E-state index in [-0.39, 0.29) is 12.0 Å². The number of hydrogen-bond donors (Lipinski definition) is 0. The predicted octanol–water partition coefficient (Wildman–Crippen LogP) is 2.37. The highest BCUT2D eigenvalue weighted by molar-refractivity contribution is 5.13. The fraction of sp³-hybridized carbons (Fsp3) is 0.529. The van der Waals surface area contributed by atoms with Gasteiger partial charge in [-0.3, -0.25) is 0 Å². The first-order chi connectivity index (χ1) is 10.8. The molecule has 3 atom stereocenters. The molecule has 0 aliphatic carbocycles. The van der Waals surface area contributed by atoms with Crippen LogP contribution in [0.5, 0.6) is 0 Å². The maximum atomic E-state index is 5.90. The van der Waals surface area contributed by atoms with Gasteiger partial charge in [-0.05, 0) is 5.56 Å². The van der Waals surface area contributed by atoms with Crippen LogP contribution < -0.4 is 0 Å². The molecular formula is C17H24O5. The third-order valence-corrected chi connectivity index (χ3v) is 3.62. The molecule has 1 aromatic carbocycles. The smallest absolute Gasteiger partial charge is 0.209 e. The van der Waals surface area contributed by atoms with E-state index >= 15 is 0 Å². The molecule has 5 nitrogen and oxygen atoms in total. The van der Waals surface area contributed by atoms with Crippen molar-refractivity contribution in [3.63, 3.8) is 0 Å². The lowest BCUT2D eigenvalue weighted by Crippen LogP contribution is -2.47. The SMILES string of the molecule is C=C[C@H]1CO[C@H](C(OC)OC)O[C@@H]1COCc1ccccc1. The fourth-order valence-corrected chi connectivity index (χ4v) is 2.34. The minimum Gasteiger partial charge on any atom is -0.374 e. The summed E-state index contributed by atoms with van der Waals surface area (Å²) in [5, 5.41) is 0. The number of methoxy groups -OCH3 is 2. The molecule has 1 aliphatic heterocycles. The molecule has 0 amide bonds. The zero-order chi connectivity index (χ0) is 15.8. The van der Waals surface area contributed by atoms with Gasteiger partial charge >= 0.3 is 0 Å². The Hall–Kier alpha value is -1.24. The highest BCUT2D eigenvalue weighted by Gasteiger charge is 2.35. The van der Waals surface area contributed by atoms with Gasteiger partial charge in [0.25, 0.3) is 0 Å². The van der Waals surface area contributed by atoms with Gasteiger partial charge < -0.3 is 23.7 Å². The Balaban J connectivity index is 1.86. The lowest BCUT2D eigenvalue weighted by atomic mass is 10.0. The second kappa shape index (κ2) is 9.02. The molecule has 0 spiro atoms. The van der Waals surface area contributed by atoms with Crippen molar-refractivity contribution in [2.75, 3.05) is 27.4 Å². The summed E-state index contributed by atoms with van der Waals surface area (Å²) in [7, 11) is 3.11. The molecule has 0 bridgehead atoms. The monoisotopic (exact) mass is 308 g/mol. The van der Waals surface area contributed by atoms with Crippen LogP contribution in [-0.2, 0) is 30.3 Å².